The molecule has 2 rings (SSSR count). The van der Waals surface area contributed by atoms with Gasteiger partial charge in [0.2, 0.25) is 5.91 Å². The number of non-ortho nitro benzene ring substituents is 1. The fraction of sp³-hybridized carbons (Fsp3) is 0.417. The van der Waals surface area contributed by atoms with Crippen molar-refractivity contribution >= 4 is 23.4 Å². The zero-order valence-corrected chi connectivity index (χ0v) is 11.2. The Bertz CT molecular complexity index is 493. The van der Waals surface area contributed by atoms with Crippen LogP contribution in [-0.4, -0.2) is 45.3 Å². The highest BCUT2D eigenvalue weighted by Gasteiger charge is 2.38. The summed E-state index contributed by atoms with van der Waals surface area (Å²) >= 11 is 1.33. The van der Waals surface area contributed by atoms with Crippen LogP contribution in [0.4, 0.5) is 5.69 Å². The topological polar surface area (TPSA) is 83.7 Å². The van der Waals surface area contributed by atoms with Crippen molar-refractivity contribution in [1.82, 2.24) is 4.90 Å². The largest absolute Gasteiger partial charge is 0.386 e. The molecule has 1 N–H and O–H groups in total. The molecule has 1 aliphatic rings. The molecule has 7 heteroatoms. The smallest absolute Gasteiger partial charge is 0.269 e. The molecule has 0 radical (unpaired) electrons. The minimum atomic E-state index is -0.756. The average Bonchev–Trinajstić information content (AvgIpc) is 2.33. The van der Waals surface area contributed by atoms with E-state index >= 15 is 0 Å². The van der Waals surface area contributed by atoms with E-state index in [1.807, 2.05) is 0 Å². The van der Waals surface area contributed by atoms with Gasteiger partial charge in [-0.25, -0.2) is 0 Å². The lowest BCUT2D eigenvalue weighted by atomic mass is 9.97. The van der Waals surface area contributed by atoms with E-state index in [1.165, 1.54) is 23.9 Å². The van der Waals surface area contributed by atoms with Gasteiger partial charge in [0.15, 0.2) is 0 Å². The van der Waals surface area contributed by atoms with Gasteiger partial charge in [-0.3, -0.25) is 14.9 Å². The summed E-state index contributed by atoms with van der Waals surface area (Å²) in [4.78, 5) is 24.2. The van der Waals surface area contributed by atoms with Crippen LogP contribution in [-0.2, 0) is 4.79 Å². The molecule has 0 aromatic heterocycles. The van der Waals surface area contributed by atoms with Gasteiger partial charge in [0, 0.05) is 17.0 Å². The third-order valence-corrected chi connectivity index (χ3v) is 3.82. The van der Waals surface area contributed by atoms with E-state index in [0.29, 0.717) is 13.1 Å². The van der Waals surface area contributed by atoms with Gasteiger partial charge in [-0.1, -0.05) is 0 Å². The number of nitrogens with zero attached hydrogens (tertiary/aromatic N) is 2. The van der Waals surface area contributed by atoms with E-state index < -0.39 is 10.5 Å². The van der Waals surface area contributed by atoms with Crippen molar-refractivity contribution in [2.45, 2.75) is 17.4 Å². The Balaban J connectivity index is 1.82. The zero-order chi connectivity index (χ0) is 14.0. The molecule has 1 amide bonds. The standard InChI is InChI=1S/C12H14N2O4S/c1-12(16)7-13(8-12)11(15)6-19-10-4-2-9(3-5-10)14(17)18/h2-5,16H,6-8H2,1H3. The molecular weight excluding hydrogens is 268 g/mol. The lowest BCUT2D eigenvalue weighted by Gasteiger charge is -2.44. The van der Waals surface area contributed by atoms with Gasteiger partial charge in [-0.15, -0.1) is 11.8 Å². The number of hydrogen-bond acceptors (Lipinski definition) is 5. The Kier molecular flexibility index (Phi) is 3.77. The zero-order valence-electron chi connectivity index (χ0n) is 10.4. The summed E-state index contributed by atoms with van der Waals surface area (Å²) < 4.78 is 0. The third kappa shape index (κ3) is 3.45. The van der Waals surface area contributed by atoms with Crippen LogP contribution >= 0.6 is 11.8 Å². The minimum absolute atomic E-state index is 0.0325. The molecule has 102 valence electrons. The Labute approximate surface area is 114 Å². The maximum atomic E-state index is 11.7. The molecule has 1 aromatic carbocycles. The van der Waals surface area contributed by atoms with Crippen LogP contribution in [0.25, 0.3) is 0 Å². The molecule has 1 aliphatic heterocycles. The van der Waals surface area contributed by atoms with Crippen molar-refractivity contribution in [2.75, 3.05) is 18.8 Å². The SMILES string of the molecule is CC1(O)CN(C(=O)CSc2ccc([N+](=O)[O-])cc2)C1. The normalized spacial score (nSPS) is 16.8. The van der Waals surface area contributed by atoms with E-state index in [0.717, 1.165) is 4.90 Å². The highest BCUT2D eigenvalue weighted by Crippen LogP contribution is 2.24. The molecule has 0 saturated carbocycles. The van der Waals surface area contributed by atoms with Crippen molar-refractivity contribution in [1.29, 1.82) is 0 Å². The molecule has 19 heavy (non-hydrogen) atoms. The molecule has 0 unspecified atom stereocenters. The number of benzene rings is 1. The van der Waals surface area contributed by atoms with Gasteiger partial charge in [-0.05, 0) is 19.1 Å². The Hall–Kier alpha value is -1.60. The van der Waals surface area contributed by atoms with Crippen molar-refractivity contribution in [3.63, 3.8) is 0 Å². The van der Waals surface area contributed by atoms with Gasteiger partial charge in [0.25, 0.3) is 5.69 Å². The summed E-state index contributed by atoms with van der Waals surface area (Å²) in [6.45, 7) is 2.43. The number of thioether (sulfide) groups is 1. The van der Waals surface area contributed by atoms with Crippen LogP contribution in [0.1, 0.15) is 6.92 Å². The van der Waals surface area contributed by atoms with Crippen LogP contribution in [0.5, 0.6) is 0 Å². The quantitative estimate of drug-likeness (QED) is 0.511. The molecular formula is C12H14N2O4S. The van der Waals surface area contributed by atoms with E-state index in [4.69, 9.17) is 0 Å². The van der Waals surface area contributed by atoms with Crippen LogP contribution in [0.2, 0.25) is 0 Å². The number of nitro benzene ring substituents is 1. The predicted molar refractivity (Wildman–Crippen MR) is 71.0 cm³/mol. The molecule has 0 aliphatic carbocycles. The number of likely N-dealkylation sites (tertiary alicyclic amines) is 1. The summed E-state index contributed by atoms with van der Waals surface area (Å²) in [5, 5.41) is 20.0. The van der Waals surface area contributed by atoms with Crippen LogP contribution in [0, 0.1) is 10.1 Å². The molecule has 6 nitrogen and oxygen atoms in total. The number of nitro groups is 1. The Morgan fingerprint density at radius 2 is 2.05 bits per heavy atom. The summed E-state index contributed by atoms with van der Waals surface area (Å²) in [6.07, 6.45) is 0. The molecule has 1 heterocycles. The number of amides is 1. The highest BCUT2D eigenvalue weighted by molar-refractivity contribution is 8.00. The molecule has 1 saturated heterocycles. The van der Waals surface area contributed by atoms with Crippen molar-refractivity contribution in [3.8, 4) is 0 Å². The Morgan fingerprint density at radius 1 is 1.47 bits per heavy atom. The summed E-state index contributed by atoms with van der Waals surface area (Å²) in [5.41, 5.74) is -0.720. The highest BCUT2D eigenvalue weighted by atomic mass is 32.2. The number of aliphatic hydroxyl groups is 1. The van der Waals surface area contributed by atoms with Crippen molar-refractivity contribution in [3.05, 3.63) is 34.4 Å². The number of hydrogen-bond donors (Lipinski definition) is 1. The van der Waals surface area contributed by atoms with Gasteiger partial charge in [0.05, 0.1) is 29.4 Å². The number of β-amino-alcohol motifs (C(OH)–C–C–N with tert-alkyl or cyclic N) is 1. The maximum absolute atomic E-state index is 11.7. The second-order valence-corrected chi connectivity index (χ2v) is 5.84. The second-order valence-electron chi connectivity index (χ2n) is 4.79. The first-order chi connectivity index (χ1) is 8.87. The summed E-state index contributed by atoms with van der Waals surface area (Å²) in [5.74, 6) is 0.239. The van der Waals surface area contributed by atoms with Gasteiger partial charge in [-0.2, -0.15) is 0 Å². The summed E-state index contributed by atoms with van der Waals surface area (Å²) in [7, 11) is 0. The monoisotopic (exact) mass is 282 g/mol. The van der Waals surface area contributed by atoms with E-state index in [1.54, 1.807) is 24.0 Å². The average molecular weight is 282 g/mol. The molecule has 1 fully saturated rings. The lowest BCUT2D eigenvalue weighted by molar-refractivity contribution is -0.384. The summed E-state index contributed by atoms with van der Waals surface area (Å²) in [6, 6.07) is 6.09. The van der Waals surface area contributed by atoms with E-state index in [2.05, 4.69) is 0 Å². The molecule has 0 spiro atoms. The maximum Gasteiger partial charge on any atom is 0.269 e. The first-order valence-electron chi connectivity index (χ1n) is 5.75. The molecule has 1 aromatic rings. The fourth-order valence-electron chi connectivity index (χ4n) is 1.85. The minimum Gasteiger partial charge on any atom is -0.386 e. The van der Waals surface area contributed by atoms with Crippen molar-refractivity contribution < 1.29 is 14.8 Å². The fourth-order valence-corrected chi connectivity index (χ4v) is 2.65. The third-order valence-electron chi connectivity index (χ3n) is 2.83. The van der Waals surface area contributed by atoms with Crippen molar-refractivity contribution in [2.24, 2.45) is 0 Å². The van der Waals surface area contributed by atoms with E-state index in [9.17, 15) is 20.0 Å². The number of rotatable bonds is 4. The van der Waals surface area contributed by atoms with Gasteiger partial charge in [0.1, 0.15) is 0 Å². The number of carbonyl (C=O) groups is 1. The predicted octanol–water partition coefficient (Wildman–Crippen LogP) is 1.28. The van der Waals surface area contributed by atoms with Crippen LogP contribution in [0.3, 0.4) is 0 Å². The van der Waals surface area contributed by atoms with Crippen LogP contribution < -0.4 is 0 Å². The van der Waals surface area contributed by atoms with E-state index in [-0.39, 0.29) is 17.3 Å². The molecule has 0 atom stereocenters. The van der Waals surface area contributed by atoms with Gasteiger partial charge < -0.3 is 10.0 Å². The number of carbonyl (C=O) groups excluding carboxylic acids is 1. The lowest BCUT2D eigenvalue weighted by Crippen LogP contribution is -2.62. The first-order valence-corrected chi connectivity index (χ1v) is 6.73. The van der Waals surface area contributed by atoms with Gasteiger partial charge >= 0.3 is 0 Å². The Morgan fingerprint density at radius 3 is 2.53 bits per heavy atom. The molecule has 0 bridgehead atoms. The second kappa shape index (κ2) is 5.18. The van der Waals surface area contributed by atoms with Crippen LogP contribution in [0.15, 0.2) is 29.2 Å². The first kappa shape index (κ1) is 13.8.